The highest BCUT2D eigenvalue weighted by molar-refractivity contribution is 5.68. The molecule has 1 N–H and O–H groups in total. The highest BCUT2D eigenvalue weighted by atomic mass is 19.4. The van der Waals surface area contributed by atoms with Gasteiger partial charge in [0.05, 0.1) is 18.3 Å². The van der Waals surface area contributed by atoms with Crippen molar-refractivity contribution in [2.45, 2.75) is 65.3 Å². The van der Waals surface area contributed by atoms with E-state index in [1.54, 1.807) is 12.3 Å². The van der Waals surface area contributed by atoms with Crippen LogP contribution in [0.15, 0.2) is 60.8 Å². The molecule has 1 fully saturated rings. The molecule has 0 amide bonds. The van der Waals surface area contributed by atoms with E-state index >= 15 is 0 Å². The molecule has 1 heterocycles. The molecular formula is C30H32F3NO4. The van der Waals surface area contributed by atoms with Crippen molar-refractivity contribution in [3.05, 3.63) is 77.5 Å². The number of carbonyl (C=O) groups is 1. The Morgan fingerprint density at radius 3 is 2.45 bits per heavy atom. The molecule has 1 atom stereocenters. The van der Waals surface area contributed by atoms with Crippen LogP contribution in [0.1, 0.15) is 62.6 Å². The lowest BCUT2D eigenvalue weighted by atomic mass is 9.86. The van der Waals surface area contributed by atoms with Gasteiger partial charge < -0.3 is 14.6 Å². The number of carboxylic acids is 1. The van der Waals surface area contributed by atoms with E-state index in [1.807, 2.05) is 30.3 Å². The van der Waals surface area contributed by atoms with Crippen molar-refractivity contribution in [3.8, 4) is 22.8 Å². The smallest absolute Gasteiger partial charge is 0.487 e. The zero-order valence-electron chi connectivity index (χ0n) is 21.7. The van der Waals surface area contributed by atoms with Crippen molar-refractivity contribution in [2.75, 3.05) is 0 Å². The first-order valence-corrected chi connectivity index (χ1v) is 12.6. The molecule has 0 spiro atoms. The van der Waals surface area contributed by atoms with Gasteiger partial charge in [0.2, 0.25) is 0 Å². The van der Waals surface area contributed by atoms with Crippen LogP contribution in [0, 0.1) is 11.3 Å². The second-order valence-electron chi connectivity index (χ2n) is 11.1. The fourth-order valence-electron chi connectivity index (χ4n) is 4.70. The molecule has 1 aliphatic rings. The molecule has 0 aliphatic heterocycles. The van der Waals surface area contributed by atoms with E-state index in [0.717, 1.165) is 29.5 Å². The van der Waals surface area contributed by atoms with E-state index < -0.39 is 12.3 Å². The third-order valence-corrected chi connectivity index (χ3v) is 6.37. The Morgan fingerprint density at radius 2 is 1.79 bits per heavy atom. The average Bonchev–Trinajstić information content (AvgIpc) is 3.65. The lowest BCUT2D eigenvalue weighted by Gasteiger charge is -2.21. The van der Waals surface area contributed by atoms with Gasteiger partial charge in [-0.15, -0.1) is 13.2 Å². The van der Waals surface area contributed by atoms with Gasteiger partial charge in [-0.1, -0.05) is 57.2 Å². The van der Waals surface area contributed by atoms with Crippen molar-refractivity contribution >= 4 is 5.97 Å². The molecule has 5 nitrogen and oxygen atoms in total. The molecule has 1 aromatic heterocycles. The molecule has 2 aromatic carbocycles. The second kappa shape index (κ2) is 11.1. The number of rotatable bonds is 10. The van der Waals surface area contributed by atoms with Crippen LogP contribution in [0.2, 0.25) is 0 Å². The second-order valence-corrected chi connectivity index (χ2v) is 11.1. The molecule has 0 saturated heterocycles. The van der Waals surface area contributed by atoms with Crippen LogP contribution in [-0.4, -0.2) is 22.4 Å². The number of ether oxygens (including phenoxy) is 2. The zero-order chi connectivity index (χ0) is 27.5. The van der Waals surface area contributed by atoms with Gasteiger partial charge in [0.1, 0.15) is 18.1 Å². The summed E-state index contributed by atoms with van der Waals surface area (Å²) in [7, 11) is 0. The van der Waals surface area contributed by atoms with E-state index in [-0.39, 0.29) is 30.1 Å². The molecule has 0 radical (unpaired) electrons. The highest BCUT2D eigenvalue weighted by Gasteiger charge is 2.34. The highest BCUT2D eigenvalue weighted by Crippen LogP contribution is 2.44. The molecule has 8 heteroatoms. The SMILES string of the molecule is CC(C)(C)Cc1cc(OCc2cccc(C(CC(=O)O)C3CC3)c2)cnc1-c1cccc(OC(F)(F)F)c1. The Morgan fingerprint density at radius 1 is 1.05 bits per heavy atom. The molecule has 202 valence electrons. The summed E-state index contributed by atoms with van der Waals surface area (Å²) in [5.74, 6) is -0.129. The number of hydrogen-bond acceptors (Lipinski definition) is 4. The maximum absolute atomic E-state index is 12.7. The predicted octanol–water partition coefficient (Wildman–Crippen LogP) is 7.78. The molecule has 1 unspecified atom stereocenters. The summed E-state index contributed by atoms with van der Waals surface area (Å²) in [5.41, 5.74) is 3.78. The first kappa shape index (κ1) is 27.5. The molecule has 1 aliphatic carbocycles. The quantitative estimate of drug-likeness (QED) is 0.292. The minimum absolute atomic E-state index is 0.00359. The molecule has 1 saturated carbocycles. The van der Waals surface area contributed by atoms with Crippen LogP contribution in [0.4, 0.5) is 13.2 Å². The summed E-state index contributed by atoms with van der Waals surface area (Å²) in [5, 5.41) is 9.33. The molecular weight excluding hydrogens is 495 g/mol. The number of aromatic nitrogens is 1. The van der Waals surface area contributed by atoms with Crippen LogP contribution in [-0.2, 0) is 17.8 Å². The standard InChI is InChI=1S/C30H32F3NO4/c1-29(2,3)16-23-14-25(17-34-28(23)22-8-5-9-24(13-22)38-30(31,32)33)37-18-19-6-4-7-21(12-19)26(15-27(35)36)20-10-11-20/h4-9,12-14,17,20,26H,10-11,15-16,18H2,1-3H3,(H,35,36). The number of carboxylic acid groups (broad SMARTS) is 1. The Bertz CT molecular complexity index is 1280. The van der Waals surface area contributed by atoms with E-state index in [0.29, 0.717) is 29.3 Å². The zero-order valence-corrected chi connectivity index (χ0v) is 21.7. The fraction of sp³-hybridized carbons (Fsp3) is 0.400. The van der Waals surface area contributed by atoms with Crippen LogP contribution < -0.4 is 9.47 Å². The fourth-order valence-corrected chi connectivity index (χ4v) is 4.70. The number of pyridine rings is 1. The Hall–Kier alpha value is -3.55. The summed E-state index contributed by atoms with van der Waals surface area (Å²) in [6, 6.07) is 15.5. The Labute approximate surface area is 220 Å². The lowest BCUT2D eigenvalue weighted by molar-refractivity contribution is -0.274. The van der Waals surface area contributed by atoms with Crippen LogP contribution in [0.3, 0.4) is 0 Å². The van der Waals surface area contributed by atoms with E-state index in [4.69, 9.17) is 4.74 Å². The van der Waals surface area contributed by atoms with Gasteiger partial charge in [-0.05, 0) is 71.4 Å². The van der Waals surface area contributed by atoms with Crippen LogP contribution in [0.25, 0.3) is 11.3 Å². The first-order chi connectivity index (χ1) is 17.9. The van der Waals surface area contributed by atoms with Crippen molar-refractivity contribution in [1.29, 1.82) is 0 Å². The van der Waals surface area contributed by atoms with E-state index in [1.165, 1.54) is 18.2 Å². The van der Waals surface area contributed by atoms with E-state index in [9.17, 15) is 23.1 Å². The summed E-state index contributed by atoms with van der Waals surface area (Å²) < 4.78 is 48.4. The Balaban J connectivity index is 1.55. The largest absolute Gasteiger partial charge is 0.573 e. The van der Waals surface area contributed by atoms with Gasteiger partial charge in [0, 0.05) is 5.56 Å². The van der Waals surface area contributed by atoms with Crippen LogP contribution >= 0.6 is 0 Å². The third-order valence-electron chi connectivity index (χ3n) is 6.37. The summed E-state index contributed by atoms with van der Waals surface area (Å²) >= 11 is 0. The predicted molar refractivity (Wildman–Crippen MR) is 138 cm³/mol. The summed E-state index contributed by atoms with van der Waals surface area (Å²) in [4.78, 5) is 15.9. The van der Waals surface area contributed by atoms with Crippen molar-refractivity contribution in [2.24, 2.45) is 11.3 Å². The maximum atomic E-state index is 12.7. The van der Waals surface area contributed by atoms with Crippen molar-refractivity contribution in [3.63, 3.8) is 0 Å². The van der Waals surface area contributed by atoms with Gasteiger partial charge in [-0.3, -0.25) is 9.78 Å². The topological polar surface area (TPSA) is 68.7 Å². The average molecular weight is 528 g/mol. The molecule has 0 bridgehead atoms. The number of hydrogen-bond donors (Lipinski definition) is 1. The first-order valence-electron chi connectivity index (χ1n) is 12.6. The summed E-state index contributed by atoms with van der Waals surface area (Å²) in [6.07, 6.45) is -0.352. The van der Waals surface area contributed by atoms with Crippen molar-refractivity contribution in [1.82, 2.24) is 4.98 Å². The monoisotopic (exact) mass is 527 g/mol. The van der Waals surface area contributed by atoms with Gasteiger partial charge in [0.15, 0.2) is 0 Å². The number of alkyl halides is 3. The van der Waals surface area contributed by atoms with Gasteiger partial charge in [-0.25, -0.2) is 0 Å². The molecule has 4 rings (SSSR count). The van der Waals surface area contributed by atoms with Crippen molar-refractivity contribution < 1.29 is 32.5 Å². The minimum Gasteiger partial charge on any atom is -0.487 e. The summed E-state index contributed by atoms with van der Waals surface area (Å²) in [6.45, 7) is 6.51. The molecule has 3 aromatic rings. The normalized spacial score (nSPS) is 14.7. The molecule has 38 heavy (non-hydrogen) atoms. The number of halogens is 3. The lowest BCUT2D eigenvalue weighted by Crippen LogP contribution is -2.17. The van der Waals surface area contributed by atoms with Gasteiger partial charge >= 0.3 is 12.3 Å². The number of benzene rings is 2. The van der Waals surface area contributed by atoms with Gasteiger partial charge in [0.25, 0.3) is 0 Å². The third kappa shape index (κ3) is 7.97. The van der Waals surface area contributed by atoms with Crippen LogP contribution in [0.5, 0.6) is 11.5 Å². The van der Waals surface area contributed by atoms with E-state index in [2.05, 4.69) is 30.5 Å². The minimum atomic E-state index is -4.78. The maximum Gasteiger partial charge on any atom is 0.573 e. The number of nitrogens with zero attached hydrogens (tertiary/aromatic N) is 1. The number of aliphatic carboxylic acids is 1. The van der Waals surface area contributed by atoms with Gasteiger partial charge in [-0.2, -0.15) is 0 Å². The Kier molecular flexibility index (Phi) is 7.99.